The molecule has 0 amide bonds. The van der Waals surface area contributed by atoms with Gasteiger partial charge in [-0.05, 0) is 24.6 Å². The van der Waals surface area contributed by atoms with Crippen molar-refractivity contribution in [3.05, 3.63) is 44.5 Å². The Kier molecular flexibility index (Phi) is 3.44. The van der Waals surface area contributed by atoms with E-state index in [4.69, 9.17) is 0 Å². The van der Waals surface area contributed by atoms with E-state index in [0.717, 1.165) is 5.56 Å². The van der Waals surface area contributed by atoms with Crippen molar-refractivity contribution in [2.45, 2.75) is 20.8 Å². The molecule has 2 N–H and O–H groups in total. The van der Waals surface area contributed by atoms with Crippen molar-refractivity contribution in [2.24, 2.45) is 0 Å². The number of aromatic amines is 2. The van der Waals surface area contributed by atoms with Crippen molar-refractivity contribution in [2.75, 3.05) is 0 Å². The Bertz CT molecular complexity index is 567. The summed E-state index contributed by atoms with van der Waals surface area (Å²) in [6, 6.07) is 5.45. The van der Waals surface area contributed by atoms with Gasteiger partial charge in [-0.15, -0.1) is 0 Å². The molecular formula is C11H14N2O2. The molecule has 15 heavy (non-hydrogen) atoms. The normalized spacial score (nSPS) is 9.53. The lowest BCUT2D eigenvalue weighted by molar-refractivity contribution is 1.14. The van der Waals surface area contributed by atoms with Crippen molar-refractivity contribution in [1.29, 1.82) is 0 Å². The maximum Gasteiger partial charge on any atom is 0.314 e. The van der Waals surface area contributed by atoms with Gasteiger partial charge in [-0.25, -0.2) is 0 Å². The van der Waals surface area contributed by atoms with E-state index >= 15 is 0 Å². The first-order chi connectivity index (χ1) is 7.16. The van der Waals surface area contributed by atoms with E-state index in [1.165, 1.54) is 0 Å². The molecular weight excluding hydrogens is 192 g/mol. The molecule has 0 spiro atoms. The van der Waals surface area contributed by atoms with E-state index in [2.05, 4.69) is 9.97 Å². The molecule has 0 radical (unpaired) electrons. The minimum absolute atomic E-state index is 0.613. The third-order valence-electron chi connectivity index (χ3n) is 1.88. The second kappa shape index (κ2) is 4.59. The Labute approximate surface area is 87.0 Å². The van der Waals surface area contributed by atoms with Gasteiger partial charge < -0.3 is 9.97 Å². The zero-order valence-electron chi connectivity index (χ0n) is 9.05. The van der Waals surface area contributed by atoms with E-state index in [1.54, 1.807) is 6.07 Å². The maximum absolute atomic E-state index is 10.9. The Balaban J connectivity index is 0.000000531. The number of nitrogens with one attached hydrogen (secondary N) is 2. The average molecular weight is 206 g/mol. The second-order valence-electron chi connectivity index (χ2n) is 2.96. The minimum Gasteiger partial charge on any atom is -0.316 e. The van der Waals surface area contributed by atoms with Gasteiger partial charge >= 0.3 is 11.1 Å². The lowest BCUT2D eigenvalue weighted by Gasteiger charge is -1.97. The first-order valence-corrected chi connectivity index (χ1v) is 4.90. The highest BCUT2D eigenvalue weighted by Crippen LogP contribution is 2.07. The number of fused-ring (bicyclic) bond motifs is 1. The quantitative estimate of drug-likeness (QED) is 0.642. The van der Waals surface area contributed by atoms with Gasteiger partial charge in [-0.2, -0.15) is 0 Å². The first-order valence-electron chi connectivity index (χ1n) is 4.90. The molecule has 0 aliphatic carbocycles. The van der Waals surface area contributed by atoms with Crippen molar-refractivity contribution in [3.63, 3.8) is 0 Å². The second-order valence-corrected chi connectivity index (χ2v) is 2.96. The Morgan fingerprint density at radius 2 is 1.47 bits per heavy atom. The van der Waals surface area contributed by atoms with E-state index in [0.29, 0.717) is 11.0 Å². The number of aromatic nitrogens is 2. The van der Waals surface area contributed by atoms with E-state index in [9.17, 15) is 9.59 Å². The standard InChI is InChI=1S/C9H8N2O2.C2H6/c1-5-2-3-6-7(4-5)11-9(13)8(12)10-6;1-2/h2-4H,1H3,(H,10,12)(H,11,13);1-2H3. The lowest BCUT2D eigenvalue weighted by Crippen LogP contribution is -2.28. The summed E-state index contributed by atoms with van der Waals surface area (Å²) in [7, 11) is 0. The van der Waals surface area contributed by atoms with Crippen LogP contribution in [0.3, 0.4) is 0 Å². The van der Waals surface area contributed by atoms with Crippen molar-refractivity contribution in [1.82, 2.24) is 9.97 Å². The van der Waals surface area contributed by atoms with Crippen LogP contribution in [0.5, 0.6) is 0 Å². The maximum atomic E-state index is 10.9. The van der Waals surface area contributed by atoms with Crippen LogP contribution in [0.15, 0.2) is 27.8 Å². The van der Waals surface area contributed by atoms with Crippen molar-refractivity contribution in [3.8, 4) is 0 Å². The number of H-pyrrole nitrogens is 2. The van der Waals surface area contributed by atoms with Crippen molar-refractivity contribution >= 4 is 11.0 Å². The molecule has 0 aliphatic heterocycles. The largest absolute Gasteiger partial charge is 0.316 e. The van der Waals surface area contributed by atoms with Gasteiger partial charge in [0.25, 0.3) is 0 Å². The van der Waals surface area contributed by atoms with E-state index in [1.807, 2.05) is 32.9 Å². The molecule has 2 rings (SSSR count). The highest BCUT2D eigenvalue weighted by atomic mass is 16.2. The summed E-state index contributed by atoms with van der Waals surface area (Å²) in [6.45, 7) is 5.92. The number of benzene rings is 1. The van der Waals surface area contributed by atoms with Crippen LogP contribution in [-0.4, -0.2) is 9.97 Å². The highest BCUT2D eigenvalue weighted by molar-refractivity contribution is 5.74. The summed E-state index contributed by atoms with van der Waals surface area (Å²) in [5.74, 6) is 0. The molecule has 2 aromatic rings. The molecule has 0 fully saturated rings. The fourth-order valence-electron chi connectivity index (χ4n) is 1.23. The molecule has 1 heterocycles. The molecule has 4 heteroatoms. The SMILES string of the molecule is CC.Cc1ccc2[nH]c(=O)c(=O)[nH]c2c1. The summed E-state index contributed by atoms with van der Waals surface area (Å²) in [5.41, 5.74) is 1.12. The molecule has 0 atom stereocenters. The van der Waals surface area contributed by atoms with Crippen LogP contribution in [0.25, 0.3) is 11.0 Å². The number of hydrogen-bond acceptors (Lipinski definition) is 2. The van der Waals surface area contributed by atoms with Gasteiger partial charge in [0, 0.05) is 0 Å². The predicted octanol–water partition coefficient (Wildman–Crippen LogP) is 1.55. The number of aryl methyl sites for hydroxylation is 1. The molecule has 0 unspecified atom stereocenters. The monoisotopic (exact) mass is 206 g/mol. The highest BCUT2D eigenvalue weighted by Gasteiger charge is 1.97. The fraction of sp³-hybridized carbons (Fsp3) is 0.273. The molecule has 80 valence electrons. The van der Waals surface area contributed by atoms with E-state index in [-0.39, 0.29) is 0 Å². The van der Waals surface area contributed by atoms with Crippen molar-refractivity contribution < 1.29 is 0 Å². The van der Waals surface area contributed by atoms with Crippen LogP contribution in [-0.2, 0) is 0 Å². The summed E-state index contributed by atoms with van der Waals surface area (Å²) in [5, 5.41) is 0. The van der Waals surface area contributed by atoms with Gasteiger partial charge in [-0.1, -0.05) is 19.9 Å². The predicted molar refractivity (Wildman–Crippen MR) is 61.3 cm³/mol. The summed E-state index contributed by atoms with van der Waals surface area (Å²) in [4.78, 5) is 26.8. The summed E-state index contributed by atoms with van der Waals surface area (Å²) in [6.07, 6.45) is 0. The number of hydrogen-bond donors (Lipinski definition) is 2. The van der Waals surface area contributed by atoms with Crippen LogP contribution in [0.1, 0.15) is 19.4 Å². The van der Waals surface area contributed by atoms with Crippen LogP contribution in [0.2, 0.25) is 0 Å². The van der Waals surface area contributed by atoms with Gasteiger partial charge in [0.1, 0.15) is 0 Å². The molecule has 1 aromatic heterocycles. The smallest absolute Gasteiger partial charge is 0.314 e. The molecule has 1 aromatic carbocycles. The average Bonchev–Trinajstić information content (AvgIpc) is 2.23. The third kappa shape index (κ3) is 2.34. The van der Waals surface area contributed by atoms with Crippen LogP contribution < -0.4 is 11.1 Å². The third-order valence-corrected chi connectivity index (χ3v) is 1.88. The molecule has 0 aliphatic rings. The van der Waals surface area contributed by atoms with Gasteiger partial charge in [0.15, 0.2) is 0 Å². The molecule has 4 nitrogen and oxygen atoms in total. The van der Waals surface area contributed by atoms with Gasteiger partial charge in [-0.3, -0.25) is 9.59 Å². The summed E-state index contributed by atoms with van der Waals surface area (Å²) < 4.78 is 0. The Hall–Kier alpha value is -1.84. The molecule has 0 saturated heterocycles. The molecule has 0 saturated carbocycles. The zero-order chi connectivity index (χ0) is 11.4. The Morgan fingerprint density at radius 3 is 2.07 bits per heavy atom. The Morgan fingerprint density at radius 1 is 0.933 bits per heavy atom. The van der Waals surface area contributed by atoms with Crippen LogP contribution >= 0.6 is 0 Å². The van der Waals surface area contributed by atoms with Gasteiger partial charge in [0.05, 0.1) is 11.0 Å². The van der Waals surface area contributed by atoms with Gasteiger partial charge in [0.2, 0.25) is 0 Å². The zero-order valence-corrected chi connectivity index (χ0v) is 9.05. The van der Waals surface area contributed by atoms with Crippen LogP contribution in [0.4, 0.5) is 0 Å². The summed E-state index contributed by atoms with van der Waals surface area (Å²) >= 11 is 0. The number of rotatable bonds is 0. The molecule has 0 bridgehead atoms. The van der Waals surface area contributed by atoms with E-state index < -0.39 is 11.1 Å². The van der Waals surface area contributed by atoms with Crippen LogP contribution in [0, 0.1) is 6.92 Å². The fourth-order valence-corrected chi connectivity index (χ4v) is 1.23. The minimum atomic E-state index is -0.614. The lowest BCUT2D eigenvalue weighted by atomic mass is 10.2. The topological polar surface area (TPSA) is 65.7 Å². The first kappa shape index (κ1) is 11.2.